The van der Waals surface area contributed by atoms with Crippen LogP contribution in [0.1, 0.15) is 41.4 Å². The summed E-state index contributed by atoms with van der Waals surface area (Å²) in [7, 11) is 0. The molecule has 0 bridgehead atoms. The lowest BCUT2D eigenvalue weighted by Gasteiger charge is -2.32. The van der Waals surface area contributed by atoms with Crippen molar-refractivity contribution >= 4 is 101 Å². The van der Waals surface area contributed by atoms with Crippen molar-refractivity contribution in [1.29, 1.82) is 0 Å². The van der Waals surface area contributed by atoms with Gasteiger partial charge in [0, 0.05) is 67.2 Å². The minimum Gasteiger partial charge on any atom is -0.311 e. The average molecular weight is 1040 g/mol. The Bertz CT molecular complexity index is 3900. The number of carbonyl (C=O) groups excluding carboxylic acids is 4. The maximum absolute atomic E-state index is 14.7. The highest BCUT2D eigenvalue weighted by atomic mass is 19.4. The van der Waals surface area contributed by atoms with Crippen molar-refractivity contribution < 1.29 is 45.5 Å². The molecule has 0 radical (unpaired) electrons. The lowest BCUT2D eigenvalue weighted by molar-refractivity contribution is -0.137. The molecule has 380 valence electrons. The van der Waals surface area contributed by atoms with Crippen LogP contribution in [-0.4, -0.2) is 58.9 Å². The van der Waals surface area contributed by atoms with Crippen LogP contribution < -0.4 is 9.80 Å². The number of anilines is 6. The summed E-state index contributed by atoms with van der Waals surface area (Å²) < 4.78 is 85.7. The molecular weight excluding hydrogens is 1000 g/mol. The van der Waals surface area contributed by atoms with Crippen molar-refractivity contribution in [2.75, 3.05) is 22.9 Å². The van der Waals surface area contributed by atoms with Crippen LogP contribution in [0.3, 0.4) is 0 Å². The molecule has 2 aliphatic rings. The van der Waals surface area contributed by atoms with Crippen LogP contribution in [0, 0.1) is 0 Å². The Balaban J connectivity index is 1.11. The Morgan fingerprint density at radius 1 is 0.295 bits per heavy atom. The number of fused-ring (bicyclic) bond motifs is 2. The molecule has 13 rings (SSSR count). The zero-order chi connectivity index (χ0) is 53.8. The normalized spacial score (nSPS) is 13.7. The predicted octanol–water partition coefficient (Wildman–Crippen LogP) is 16.3. The van der Waals surface area contributed by atoms with Gasteiger partial charge in [0.05, 0.1) is 0 Å². The van der Waals surface area contributed by atoms with E-state index >= 15 is 0 Å². The fourth-order valence-electron chi connectivity index (χ4n) is 11.5. The van der Waals surface area contributed by atoms with Gasteiger partial charge in [-0.05, 0) is 152 Å². The molecule has 0 saturated heterocycles. The number of amides is 4. The summed E-state index contributed by atoms with van der Waals surface area (Å²) >= 11 is 0. The third-order valence-corrected chi connectivity index (χ3v) is 14.6. The van der Waals surface area contributed by atoms with Gasteiger partial charge in [0.1, 0.15) is 13.1 Å². The van der Waals surface area contributed by atoms with E-state index in [1.807, 2.05) is 180 Å². The standard InChI is InChI=1S/C64H38F6N4O4/c65-63(66,67)35-71-59(75)47-32-30-46-54-50(38-23-27-44(28-24-38)74(41-17-9-3-10-18-41)42-19-11-4-12-20-42)34-52-56-48(60(76)72(62(52)78)36-64(68,69)70)31-29-45(58(54)56)53-49(33-51(61(71)77)55(47)57(46)53)37-21-25-43(26-22-37)73(39-13-5-1-6-14-39)40-15-7-2-8-16-40/h1-34H,35-36H2. The molecule has 11 aromatic rings. The van der Waals surface area contributed by atoms with Gasteiger partial charge in [-0.3, -0.25) is 29.0 Å². The van der Waals surface area contributed by atoms with Crippen LogP contribution in [0.4, 0.5) is 60.5 Å². The highest BCUT2D eigenvalue weighted by molar-refractivity contribution is 6.44. The van der Waals surface area contributed by atoms with E-state index in [0.717, 1.165) is 34.1 Å². The van der Waals surface area contributed by atoms with Gasteiger partial charge in [0.25, 0.3) is 23.6 Å². The van der Waals surface area contributed by atoms with Crippen molar-refractivity contribution in [2.45, 2.75) is 12.4 Å². The molecule has 0 N–H and O–H groups in total. The number of carbonyl (C=O) groups is 4. The first-order chi connectivity index (χ1) is 37.6. The lowest BCUT2D eigenvalue weighted by Crippen LogP contribution is -2.45. The predicted molar refractivity (Wildman–Crippen MR) is 291 cm³/mol. The number of benzene rings is 11. The van der Waals surface area contributed by atoms with E-state index in [1.165, 1.54) is 24.3 Å². The number of para-hydroxylation sites is 4. The molecule has 11 aromatic carbocycles. The monoisotopic (exact) mass is 1040 g/mol. The number of hydrogen-bond acceptors (Lipinski definition) is 6. The Labute approximate surface area is 440 Å². The number of halogens is 6. The molecule has 78 heavy (non-hydrogen) atoms. The van der Waals surface area contributed by atoms with E-state index in [1.54, 1.807) is 12.1 Å². The van der Waals surface area contributed by atoms with E-state index < -0.39 is 49.1 Å². The second-order valence-electron chi connectivity index (χ2n) is 19.2. The number of nitrogens with zero attached hydrogens (tertiary/aromatic N) is 4. The lowest BCUT2D eigenvalue weighted by atomic mass is 9.78. The number of imide groups is 2. The Kier molecular flexibility index (Phi) is 11.0. The molecule has 4 amide bonds. The van der Waals surface area contributed by atoms with Gasteiger partial charge >= 0.3 is 12.4 Å². The molecule has 0 spiro atoms. The van der Waals surface area contributed by atoms with Gasteiger partial charge < -0.3 is 9.80 Å². The highest BCUT2D eigenvalue weighted by Crippen LogP contribution is 2.53. The maximum Gasteiger partial charge on any atom is 0.406 e. The summed E-state index contributed by atoms with van der Waals surface area (Å²) in [6.07, 6.45) is -9.86. The molecule has 0 fully saturated rings. The van der Waals surface area contributed by atoms with E-state index in [2.05, 4.69) is 0 Å². The molecule has 2 aliphatic heterocycles. The number of rotatable bonds is 10. The molecule has 0 aliphatic carbocycles. The Morgan fingerprint density at radius 3 is 0.872 bits per heavy atom. The van der Waals surface area contributed by atoms with Crippen LogP contribution >= 0.6 is 0 Å². The summed E-state index contributed by atoms with van der Waals surface area (Å²) in [4.78, 5) is 62.4. The Hall–Kier alpha value is -9.82. The minimum atomic E-state index is -4.93. The van der Waals surface area contributed by atoms with Gasteiger partial charge in [0.2, 0.25) is 0 Å². The SMILES string of the molecule is O=C1c2ccc3c4c(-c5ccc(N(c6ccccc6)c6ccccc6)cc5)cc5c6c(ccc(c7c(-c8ccc(N(c9ccccc9)c9ccccc9)cc8)cc(c2c37)C(=O)N1CC(F)(F)F)c64)C(=O)N(CC(F)(F)F)C5=O. The van der Waals surface area contributed by atoms with Crippen molar-refractivity contribution in [3.63, 3.8) is 0 Å². The fourth-order valence-corrected chi connectivity index (χ4v) is 11.5. The van der Waals surface area contributed by atoms with Crippen molar-refractivity contribution in [1.82, 2.24) is 9.80 Å². The summed E-state index contributed by atoms with van der Waals surface area (Å²) in [6, 6.07) is 62.2. The largest absolute Gasteiger partial charge is 0.406 e. The summed E-state index contributed by atoms with van der Waals surface area (Å²) in [5.41, 5.74) is 6.05. The van der Waals surface area contributed by atoms with Gasteiger partial charge in [-0.1, -0.05) is 109 Å². The molecule has 0 unspecified atom stereocenters. The van der Waals surface area contributed by atoms with E-state index in [-0.39, 0.29) is 42.8 Å². The van der Waals surface area contributed by atoms with Crippen LogP contribution in [0.25, 0.3) is 65.3 Å². The quantitative estimate of drug-likeness (QED) is 0.0587. The Morgan fingerprint density at radius 2 is 0.577 bits per heavy atom. The fraction of sp³-hybridized carbons (Fsp3) is 0.0625. The zero-order valence-corrected chi connectivity index (χ0v) is 40.7. The van der Waals surface area contributed by atoms with Gasteiger partial charge in [-0.2, -0.15) is 26.3 Å². The van der Waals surface area contributed by atoms with Gasteiger partial charge in [-0.15, -0.1) is 0 Å². The first-order valence-electron chi connectivity index (χ1n) is 24.8. The molecular formula is C64H38F6N4O4. The smallest absolute Gasteiger partial charge is 0.311 e. The van der Waals surface area contributed by atoms with Crippen LogP contribution in [-0.2, 0) is 0 Å². The number of hydrogen-bond donors (Lipinski definition) is 0. The third kappa shape index (κ3) is 7.77. The second-order valence-corrected chi connectivity index (χ2v) is 19.2. The summed E-state index contributed by atoms with van der Waals surface area (Å²) in [5, 5.41) is 2.62. The molecule has 8 nitrogen and oxygen atoms in total. The van der Waals surface area contributed by atoms with Crippen LogP contribution in [0.2, 0.25) is 0 Å². The van der Waals surface area contributed by atoms with E-state index in [0.29, 0.717) is 54.6 Å². The first kappa shape index (κ1) is 47.9. The highest BCUT2D eigenvalue weighted by Gasteiger charge is 2.44. The zero-order valence-electron chi connectivity index (χ0n) is 40.7. The second kappa shape index (κ2) is 17.9. The van der Waals surface area contributed by atoms with E-state index in [4.69, 9.17) is 0 Å². The third-order valence-electron chi connectivity index (χ3n) is 14.6. The average Bonchev–Trinajstić information content (AvgIpc) is 2.35. The van der Waals surface area contributed by atoms with Crippen molar-refractivity contribution in [3.05, 3.63) is 229 Å². The minimum absolute atomic E-state index is 0.112. The molecule has 0 atom stereocenters. The molecule has 14 heteroatoms. The maximum atomic E-state index is 14.7. The molecule has 2 heterocycles. The van der Waals surface area contributed by atoms with E-state index in [9.17, 15) is 45.5 Å². The van der Waals surface area contributed by atoms with Gasteiger partial charge in [0.15, 0.2) is 0 Å². The van der Waals surface area contributed by atoms with Gasteiger partial charge in [-0.25, -0.2) is 0 Å². The number of alkyl halides is 6. The molecule has 0 saturated carbocycles. The van der Waals surface area contributed by atoms with Crippen molar-refractivity contribution in [2.24, 2.45) is 0 Å². The topological polar surface area (TPSA) is 81.2 Å². The summed E-state index contributed by atoms with van der Waals surface area (Å²) in [5.74, 6) is -4.59. The van der Waals surface area contributed by atoms with Crippen molar-refractivity contribution in [3.8, 4) is 22.3 Å². The summed E-state index contributed by atoms with van der Waals surface area (Å²) in [6.45, 7) is -3.66. The molecule has 0 aromatic heterocycles. The van der Waals surface area contributed by atoms with Crippen LogP contribution in [0.15, 0.2) is 206 Å². The first-order valence-corrected chi connectivity index (χ1v) is 24.8. The van der Waals surface area contributed by atoms with Crippen LogP contribution in [0.5, 0.6) is 0 Å².